The predicted molar refractivity (Wildman–Crippen MR) is 144 cm³/mol. The molecular formula is C31H22ClFN2O4. The molecule has 0 aromatic heterocycles. The van der Waals surface area contributed by atoms with E-state index in [1.807, 2.05) is 12.1 Å². The van der Waals surface area contributed by atoms with Crippen molar-refractivity contribution in [1.29, 1.82) is 5.26 Å². The first kappa shape index (κ1) is 25.8. The van der Waals surface area contributed by atoms with Crippen molar-refractivity contribution in [3.8, 4) is 23.3 Å². The van der Waals surface area contributed by atoms with E-state index in [9.17, 15) is 14.4 Å². The molecule has 2 N–H and O–H groups in total. The van der Waals surface area contributed by atoms with Crippen molar-refractivity contribution in [3.63, 3.8) is 0 Å². The summed E-state index contributed by atoms with van der Waals surface area (Å²) in [6, 6.07) is 27.6. The fourth-order valence-corrected chi connectivity index (χ4v) is 4.44. The molecule has 8 heteroatoms. The van der Waals surface area contributed by atoms with Gasteiger partial charge in [0, 0.05) is 22.2 Å². The van der Waals surface area contributed by atoms with Crippen LogP contribution in [0.3, 0.4) is 0 Å². The second-order valence-electron chi connectivity index (χ2n) is 8.85. The lowest BCUT2D eigenvalue weighted by Gasteiger charge is -2.26. The molecule has 0 radical (unpaired) electrons. The number of hydrogen-bond donors (Lipinski definition) is 1. The number of nitrogens with zero attached hydrogens (tertiary/aromatic N) is 1. The standard InChI is InChI=1S/C31H22ClFN2O4/c32-22-9-5-19(6-10-22)15-29(36)38-24-13-14-25-28(16-24)39-31(35)26(17-34)30(25)20-7-11-23(12-8-20)37-18-21-3-1-2-4-27(21)33/h1-14,16,30H,15,18,35H2. The maximum atomic E-state index is 13.9. The number of nitriles is 1. The number of allylic oxidation sites excluding steroid dienone is 1. The molecule has 0 fully saturated rings. The van der Waals surface area contributed by atoms with Crippen molar-refractivity contribution in [2.75, 3.05) is 0 Å². The van der Waals surface area contributed by atoms with Gasteiger partial charge in [0.25, 0.3) is 0 Å². The zero-order chi connectivity index (χ0) is 27.4. The third kappa shape index (κ3) is 5.87. The maximum Gasteiger partial charge on any atom is 0.315 e. The predicted octanol–water partition coefficient (Wildman–Crippen LogP) is 6.42. The summed E-state index contributed by atoms with van der Waals surface area (Å²) >= 11 is 5.90. The molecule has 1 unspecified atom stereocenters. The minimum Gasteiger partial charge on any atom is -0.489 e. The Hall–Kier alpha value is -4.80. The van der Waals surface area contributed by atoms with Gasteiger partial charge < -0.3 is 19.9 Å². The van der Waals surface area contributed by atoms with Gasteiger partial charge in [-0.25, -0.2) is 4.39 Å². The van der Waals surface area contributed by atoms with E-state index in [1.165, 1.54) is 6.07 Å². The molecule has 6 nitrogen and oxygen atoms in total. The number of carbonyl (C=O) groups is 1. The van der Waals surface area contributed by atoms with Gasteiger partial charge in [-0.15, -0.1) is 0 Å². The highest BCUT2D eigenvalue weighted by atomic mass is 35.5. The summed E-state index contributed by atoms with van der Waals surface area (Å²) in [6.45, 7) is 0.0853. The number of hydrogen-bond acceptors (Lipinski definition) is 6. The summed E-state index contributed by atoms with van der Waals surface area (Å²) in [5.41, 5.74) is 9.06. The van der Waals surface area contributed by atoms with Crippen LogP contribution in [0.4, 0.5) is 4.39 Å². The molecule has 0 saturated carbocycles. The first-order valence-electron chi connectivity index (χ1n) is 12.0. The second-order valence-corrected chi connectivity index (χ2v) is 9.29. The monoisotopic (exact) mass is 540 g/mol. The molecule has 194 valence electrons. The first-order chi connectivity index (χ1) is 18.9. The Kier molecular flexibility index (Phi) is 7.48. The summed E-state index contributed by atoms with van der Waals surface area (Å²) in [5.74, 6) is -0.0887. The maximum absolute atomic E-state index is 13.9. The molecule has 39 heavy (non-hydrogen) atoms. The van der Waals surface area contributed by atoms with E-state index >= 15 is 0 Å². The molecule has 0 saturated heterocycles. The Morgan fingerprint density at radius 3 is 2.44 bits per heavy atom. The van der Waals surface area contributed by atoms with Gasteiger partial charge in [0.2, 0.25) is 5.88 Å². The van der Waals surface area contributed by atoms with Crippen LogP contribution in [-0.4, -0.2) is 5.97 Å². The Balaban J connectivity index is 1.34. The van der Waals surface area contributed by atoms with Crippen LogP contribution >= 0.6 is 11.6 Å². The van der Waals surface area contributed by atoms with Gasteiger partial charge in [0.15, 0.2) is 0 Å². The number of esters is 1. The van der Waals surface area contributed by atoms with Crippen molar-refractivity contribution < 1.29 is 23.4 Å². The zero-order valence-corrected chi connectivity index (χ0v) is 21.3. The van der Waals surface area contributed by atoms with E-state index in [1.54, 1.807) is 72.8 Å². The van der Waals surface area contributed by atoms with E-state index < -0.39 is 11.9 Å². The molecule has 0 aliphatic carbocycles. The molecule has 0 amide bonds. The molecule has 1 aliphatic heterocycles. The molecule has 1 heterocycles. The molecular weight excluding hydrogens is 519 g/mol. The third-order valence-electron chi connectivity index (χ3n) is 6.25. The Bertz CT molecular complexity index is 1590. The molecule has 5 rings (SSSR count). The number of fused-ring (bicyclic) bond motifs is 1. The summed E-state index contributed by atoms with van der Waals surface area (Å²) in [6.07, 6.45) is 0.0731. The van der Waals surface area contributed by atoms with Crippen molar-refractivity contribution in [3.05, 3.63) is 136 Å². The lowest BCUT2D eigenvalue weighted by Crippen LogP contribution is -2.21. The van der Waals surface area contributed by atoms with E-state index in [-0.39, 0.29) is 36.1 Å². The first-order valence-corrected chi connectivity index (χ1v) is 12.4. The Labute approximate surface area is 229 Å². The number of benzene rings is 4. The van der Waals surface area contributed by atoms with Crippen molar-refractivity contribution in [2.24, 2.45) is 5.73 Å². The third-order valence-corrected chi connectivity index (χ3v) is 6.50. The SMILES string of the molecule is N#CC1=C(N)Oc2cc(OC(=O)Cc3ccc(Cl)cc3)ccc2C1c1ccc(OCc2ccccc2F)cc1. The van der Waals surface area contributed by atoms with Gasteiger partial charge in [-0.05, 0) is 47.5 Å². The minimum atomic E-state index is -0.502. The van der Waals surface area contributed by atoms with Gasteiger partial charge in [-0.3, -0.25) is 4.79 Å². The molecule has 1 atom stereocenters. The van der Waals surface area contributed by atoms with Gasteiger partial charge in [0.05, 0.1) is 12.3 Å². The lowest BCUT2D eigenvalue weighted by molar-refractivity contribution is -0.133. The Morgan fingerprint density at radius 1 is 1.00 bits per heavy atom. The number of ether oxygens (including phenoxy) is 3. The zero-order valence-electron chi connectivity index (χ0n) is 20.6. The summed E-state index contributed by atoms with van der Waals surface area (Å²) in [4.78, 5) is 12.5. The van der Waals surface area contributed by atoms with Gasteiger partial charge >= 0.3 is 5.97 Å². The summed E-state index contributed by atoms with van der Waals surface area (Å²) in [7, 11) is 0. The fraction of sp³-hybridized carbons (Fsp3) is 0.0968. The van der Waals surface area contributed by atoms with Crippen LogP contribution in [0.5, 0.6) is 17.2 Å². The van der Waals surface area contributed by atoms with Crippen LogP contribution < -0.4 is 19.9 Å². The largest absolute Gasteiger partial charge is 0.489 e. The average molecular weight is 541 g/mol. The molecule has 0 bridgehead atoms. The Morgan fingerprint density at radius 2 is 1.72 bits per heavy atom. The summed E-state index contributed by atoms with van der Waals surface area (Å²) in [5, 5.41) is 10.4. The number of halogens is 2. The van der Waals surface area contributed by atoms with Crippen LogP contribution in [0.25, 0.3) is 0 Å². The number of carbonyl (C=O) groups excluding carboxylic acids is 1. The molecule has 4 aromatic carbocycles. The highest BCUT2D eigenvalue weighted by Crippen LogP contribution is 2.43. The van der Waals surface area contributed by atoms with Crippen LogP contribution in [-0.2, 0) is 17.8 Å². The normalized spacial score (nSPS) is 14.1. The van der Waals surface area contributed by atoms with Gasteiger partial charge in [-0.1, -0.05) is 60.1 Å². The van der Waals surface area contributed by atoms with E-state index in [0.29, 0.717) is 27.6 Å². The molecule has 4 aromatic rings. The van der Waals surface area contributed by atoms with Crippen molar-refractivity contribution in [2.45, 2.75) is 18.9 Å². The molecule has 0 spiro atoms. The van der Waals surface area contributed by atoms with Gasteiger partial charge in [0.1, 0.15) is 41.3 Å². The number of rotatable bonds is 7. The molecule has 1 aliphatic rings. The van der Waals surface area contributed by atoms with Crippen LogP contribution in [0.2, 0.25) is 5.02 Å². The minimum absolute atomic E-state index is 0.0282. The quantitative estimate of drug-likeness (QED) is 0.214. The second kappa shape index (κ2) is 11.3. The summed E-state index contributed by atoms with van der Waals surface area (Å²) < 4.78 is 30.9. The van der Waals surface area contributed by atoms with Crippen LogP contribution in [0, 0.1) is 17.1 Å². The highest BCUT2D eigenvalue weighted by molar-refractivity contribution is 6.30. The number of nitrogens with two attached hydrogens (primary N) is 1. The van der Waals surface area contributed by atoms with Crippen molar-refractivity contribution >= 4 is 17.6 Å². The highest BCUT2D eigenvalue weighted by Gasteiger charge is 2.31. The van der Waals surface area contributed by atoms with Gasteiger partial charge in [-0.2, -0.15) is 5.26 Å². The lowest BCUT2D eigenvalue weighted by atomic mass is 9.83. The fourth-order valence-electron chi connectivity index (χ4n) is 4.31. The smallest absolute Gasteiger partial charge is 0.315 e. The van der Waals surface area contributed by atoms with E-state index in [0.717, 1.165) is 11.1 Å². The van der Waals surface area contributed by atoms with E-state index in [4.69, 9.17) is 31.5 Å². The van der Waals surface area contributed by atoms with Crippen LogP contribution in [0.1, 0.15) is 28.2 Å². The topological polar surface area (TPSA) is 94.6 Å². The van der Waals surface area contributed by atoms with E-state index in [2.05, 4.69) is 6.07 Å². The van der Waals surface area contributed by atoms with Crippen LogP contribution in [0.15, 0.2) is 102 Å². The van der Waals surface area contributed by atoms with Crippen molar-refractivity contribution in [1.82, 2.24) is 0 Å². The average Bonchev–Trinajstić information content (AvgIpc) is 2.93.